The highest BCUT2D eigenvalue weighted by molar-refractivity contribution is 14.1. The maximum absolute atomic E-state index is 14.4. The van der Waals surface area contributed by atoms with Crippen LogP contribution in [0.3, 0.4) is 0 Å². The predicted molar refractivity (Wildman–Crippen MR) is 113 cm³/mol. The number of thiophene rings is 1. The monoisotopic (exact) mass is 577 g/mol. The molecule has 0 unspecified atom stereocenters. The van der Waals surface area contributed by atoms with Crippen molar-refractivity contribution < 1.29 is 21.6 Å². The highest BCUT2D eigenvalue weighted by Gasteiger charge is 2.24. The molecule has 1 N–H and O–H groups in total. The van der Waals surface area contributed by atoms with E-state index in [1.54, 1.807) is 6.07 Å². The van der Waals surface area contributed by atoms with Crippen LogP contribution in [-0.2, 0) is 16.4 Å². The lowest BCUT2D eigenvalue weighted by atomic mass is 10.0. The molecule has 0 fully saturated rings. The second-order valence-corrected chi connectivity index (χ2v) is 10.8. The highest BCUT2D eigenvalue weighted by atomic mass is 127. The van der Waals surface area contributed by atoms with Crippen LogP contribution in [0, 0.1) is 21.0 Å². The zero-order valence-electron chi connectivity index (χ0n) is 13.6. The van der Waals surface area contributed by atoms with Crippen LogP contribution in [0.25, 0.3) is 0 Å². The van der Waals surface area contributed by atoms with Crippen molar-refractivity contribution >= 4 is 72.8 Å². The Kier molecular flexibility index (Phi) is 6.50. The molecule has 0 spiro atoms. The van der Waals surface area contributed by atoms with E-state index in [1.807, 2.05) is 22.6 Å². The maximum Gasteiger partial charge on any atom is 0.264 e. The highest BCUT2D eigenvalue weighted by Crippen LogP contribution is 2.36. The van der Waals surface area contributed by atoms with Crippen molar-refractivity contribution in [2.24, 2.45) is 0 Å². The molecular weight excluding hydrogens is 569 g/mol. The van der Waals surface area contributed by atoms with Gasteiger partial charge in [-0.2, -0.15) is 0 Å². The molecule has 1 heterocycles. The molecule has 3 aromatic rings. The van der Waals surface area contributed by atoms with Gasteiger partial charge in [0.15, 0.2) is 11.6 Å². The standard InChI is InChI=1S/C17H9Cl2F3INO2S2/c18-15-7-14(17(19)27-15)28(25,26)24-13-4-3-11(20)16(22)10(13)5-8-1-2-9(23)6-12(8)21/h1-4,6-7,24H,5H2. The molecule has 3 nitrogen and oxygen atoms in total. The average Bonchev–Trinajstić information content (AvgIpc) is 2.95. The van der Waals surface area contributed by atoms with Gasteiger partial charge in [-0.1, -0.05) is 29.3 Å². The van der Waals surface area contributed by atoms with E-state index < -0.39 is 27.5 Å². The number of sulfonamides is 1. The first-order chi connectivity index (χ1) is 13.1. The molecule has 0 radical (unpaired) electrons. The maximum atomic E-state index is 14.4. The number of hydrogen-bond acceptors (Lipinski definition) is 3. The molecule has 0 aliphatic heterocycles. The van der Waals surface area contributed by atoms with Gasteiger partial charge in [0.1, 0.15) is 15.0 Å². The van der Waals surface area contributed by atoms with E-state index in [9.17, 15) is 21.6 Å². The third kappa shape index (κ3) is 4.59. The first kappa shape index (κ1) is 21.7. The smallest absolute Gasteiger partial charge is 0.264 e. The SMILES string of the molecule is O=S(=O)(Nc1ccc(F)c(F)c1Cc1ccc(I)cc1F)c1cc(Cl)sc1Cl. The molecule has 28 heavy (non-hydrogen) atoms. The minimum atomic E-state index is -4.22. The summed E-state index contributed by atoms with van der Waals surface area (Å²) in [4.78, 5) is -0.291. The lowest BCUT2D eigenvalue weighted by Crippen LogP contribution is -2.15. The van der Waals surface area contributed by atoms with Gasteiger partial charge in [-0.15, -0.1) is 11.3 Å². The summed E-state index contributed by atoms with van der Waals surface area (Å²) in [6, 6.07) is 7.27. The summed E-state index contributed by atoms with van der Waals surface area (Å²) in [6.45, 7) is 0. The summed E-state index contributed by atoms with van der Waals surface area (Å²) < 4.78 is 70.5. The summed E-state index contributed by atoms with van der Waals surface area (Å²) in [5.74, 6) is -3.06. The number of nitrogens with one attached hydrogen (secondary N) is 1. The molecule has 2 aromatic carbocycles. The third-order valence-corrected chi connectivity index (χ3v) is 7.53. The van der Waals surface area contributed by atoms with E-state index >= 15 is 0 Å². The number of rotatable bonds is 5. The quantitative estimate of drug-likeness (QED) is 0.353. The van der Waals surface area contributed by atoms with E-state index in [0.717, 1.165) is 29.5 Å². The Hall–Kier alpha value is -1.01. The molecule has 0 atom stereocenters. The second kappa shape index (κ2) is 8.39. The largest absolute Gasteiger partial charge is 0.279 e. The van der Waals surface area contributed by atoms with Gasteiger partial charge in [-0.25, -0.2) is 21.6 Å². The lowest BCUT2D eigenvalue weighted by molar-refractivity contribution is 0.500. The van der Waals surface area contributed by atoms with Crippen molar-refractivity contribution in [3.8, 4) is 0 Å². The van der Waals surface area contributed by atoms with Gasteiger partial charge < -0.3 is 0 Å². The van der Waals surface area contributed by atoms with Gasteiger partial charge in [0.2, 0.25) is 0 Å². The van der Waals surface area contributed by atoms with Crippen molar-refractivity contribution in [3.63, 3.8) is 0 Å². The van der Waals surface area contributed by atoms with Crippen molar-refractivity contribution in [2.75, 3.05) is 4.72 Å². The van der Waals surface area contributed by atoms with E-state index in [-0.39, 0.29) is 36.8 Å². The van der Waals surface area contributed by atoms with Crippen LogP contribution in [0.15, 0.2) is 41.3 Å². The van der Waals surface area contributed by atoms with Gasteiger partial charge in [-0.05, 0) is 58.5 Å². The summed E-state index contributed by atoms with van der Waals surface area (Å²) in [5, 5.41) is 0. The van der Waals surface area contributed by atoms with Gasteiger partial charge in [-0.3, -0.25) is 4.72 Å². The van der Waals surface area contributed by atoms with Crippen LogP contribution >= 0.6 is 57.1 Å². The molecule has 11 heteroatoms. The average molecular weight is 578 g/mol. The summed E-state index contributed by atoms with van der Waals surface area (Å²) >= 11 is 14.4. The fourth-order valence-electron chi connectivity index (χ4n) is 2.42. The predicted octanol–water partition coefficient (Wildman–Crippen LogP) is 6.47. The van der Waals surface area contributed by atoms with Crippen LogP contribution in [0.2, 0.25) is 8.67 Å². The van der Waals surface area contributed by atoms with Crippen molar-refractivity contribution in [1.82, 2.24) is 0 Å². The van der Waals surface area contributed by atoms with Crippen LogP contribution in [0.1, 0.15) is 11.1 Å². The zero-order valence-corrected chi connectivity index (χ0v) is 18.9. The Bertz CT molecular complexity index is 1170. The second-order valence-electron chi connectivity index (χ2n) is 5.59. The third-order valence-electron chi connectivity index (χ3n) is 3.74. The molecule has 1 aromatic heterocycles. The minimum absolute atomic E-state index is 0.0784. The number of hydrogen-bond donors (Lipinski definition) is 1. The molecule has 0 aliphatic rings. The van der Waals surface area contributed by atoms with Crippen molar-refractivity contribution in [2.45, 2.75) is 11.3 Å². The van der Waals surface area contributed by atoms with Crippen LogP contribution in [-0.4, -0.2) is 8.42 Å². The molecular formula is C17H9Cl2F3INO2S2. The summed E-state index contributed by atoms with van der Waals surface area (Å²) in [6.07, 6.45) is -0.359. The number of benzene rings is 2. The molecule has 3 rings (SSSR count). The van der Waals surface area contributed by atoms with Crippen LogP contribution in [0.5, 0.6) is 0 Å². The first-order valence-electron chi connectivity index (χ1n) is 7.47. The minimum Gasteiger partial charge on any atom is -0.279 e. The van der Waals surface area contributed by atoms with E-state index in [0.29, 0.717) is 3.57 Å². The lowest BCUT2D eigenvalue weighted by Gasteiger charge is -2.14. The Morgan fingerprint density at radius 1 is 1.04 bits per heavy atom. The molecule has 0 saturated heterocycles. The Morgan fingerprint density at radius 2 is 1.75 bits per heavy atom. The van der Waals surface area contributed by atoms with Crippen molar-refractivity contribution in [1.29, 1.82) is 0 Å². The number of anilines is 1. The van der Waals surface area contributed by atoms with E-state index in [4.69, 9.17) is 23.2 Å². The van der Waals surface area contributed by atoms with Gasteiger partial charge in [0.05, 0.1) is 10.0 Å². The molecule has 0 bridgehead atoms. The molecule has 0 saturated carbocycles. The Labute approximate surface area is 186 Å². The fraction of sp³-hybridized carbons (Fsp3) is 0.0588. The topological polar surface area (TPSA) is 46.2 Å². The van der Waals surface area contributed by atoms with Crippen LogP contribution in [0.4, 0.5) is 18.9 Å². The normalized spacial score (nSPS) is 11.6. The van der Waals surface area contributed by atoms with Gasteiger partial charge >= 0.3 is 0 Å². The van der Waals surface area contributed by atoms with Gasteiger partial charge in [0, 0.05) is 15.6 Å². The first-order valence-corrected chi connectivity index (χ1v) is 11.6. The van der Waals surface area contributed by atoms with Crippen molar-refractivity contribution in [3.05, 3.63) is 77.2 Å². The number of halogens is 6. The van der Waals surface area contributed by atoms with E-state index in [2.05, 4.69) is 4.72 Å². The summed E-state index contributed by atoms with van der Waals surface area (Å²) in [5.41, 5.74) is -0.474. The van der Waals surface area contributed by atoms with E-state index in [1.165, 1.54) is 12.1 Å². The fourth-order valence-corrected chi connectivity index (χ4v) is 6.12. The zero-order chi connectivity index (χ0) is 20.6. The molecule has 0 amide bonds. The molecule has 0 aliphatic carbocycles. The Balaban J connectivity index is 2.04. The molecule has 148 valence electrons. The van der Waals surface area contributed by atoms with Gasteiger partial charge in [0.25, 0.3) is 10.0 Å². The van der Waals surface area contributed by atoms with Crippen LogP contribution < -0.4 is 4.72 Å². The summed E-state index contributed by atoms with van der Waals surface area (Å²) in [7, 11) is -4.22. The Morgan fingerprint density at radius 3 is 2.36 bits per heavy atom.